The van der Waals surface area contributed by atoms with Crippen molar-refractivity contribution in [2.75, 3.05) is 23.3 Å². The Morgan fingerprint density at radius 3 is 2.22 bits per heavy atom. The van der Waals surface area contributed by atoms with Crippen LogP contribution in [0.1, 0.15) is 57.4 Å². The van der Waals surface area contributed by atoms with Crippen LogP contribution in [0, 0.1) is 0 Å². The molecule has 2 aromatic rings. The fourth-order valence-electron chi connectivity index (χ4n) is 3.88. The Kier molecular flexibility index (Phi) is 6.86. The second-order valence-corrected chi connectivity index (χ2v) is 7.46. The van der Waals surface area contributed by atoms with Gasteiger partial charge in [-0.2, -0.15) is 4.57 Å². The summed E-state index contributed by atoms with van der Waals surface area (Å²) in [5.74, 6) is 0.605. The zero-order chi connectivity index (χ0) is 19.1. The van der Waals surface area contributed by atoms with Gasteiger partial charge < -0.3 is 10.2 Å². The van der Waals surface area contributed by atoms with Crippen LogP contribution in [-0.2, 0) is 11.3 Å². The highest BCUT2D eigenvalue weighted by atomic mass is 16.1. The molecule has 0 spiro atoms. The van der Waals surface area contributed by atoms with E-state index in [-0.39, 0.29) is 5.91 Å². The first-order valence-corrected chi connectivity index (χ1v) is 10.3. The first kappa shape index (κ1) is 19.4. The maximum atomic E-state index is 12.4. The van der Waals surface area contributed by atoms with Crippen LogP contribution in [0.2, 0.25) is 0 Å². The molecule has 1 aliphatic rings. The predicted molar refractivity (Wildman–Crippen MR) is 111 cm³/mol. The first-order chi connectivity index (χ1) is 13.2. The topological polar surface area (TPSA) is 36.2 Å². The molecule has 2 heterocycles. The van der Waals surface area contributed by atoms with Gasteiger partial charge in [0.1, 0.15) is 0 Å². The monoisotopic (exact) mass is 366 g/mol. The van der Waals surface area contributed by atoms with E-state index < -0.39 is 0 Å². The van der Waals surface area contributed by atoms with Crippen molar-refractivity contribution >= 4 is 17.3 Å². The molecule has 1 N–H and O–H groups in total. The van der Waals surface area contributed by atoms with Crippen molar-refractivity contribution in [2.24, 2.45) is 0 Å². The minimum absolute atomic E-state index is 0.000931. The molecule has 0 radical (unpaired) electrons. The average molecular weight is 367 g/mol. The number of hydrogen-bond acceptors (Lipinski definition) is 2. The Hall–Kier alpha value is -2.36. The van der Waals surface area contributed by atoms with Crippen molar-refractivity contribution in [3.8, 4) is 0 Å². The molecule has 0 unspecified atom stereocenters. The van der Waals surface area contributed by atoms with Gasteiger partial charge in [-0.05, 0) is 67.9 Å². The zero-order valence-electron chi connectivity index (χ0n) is 16.7. The van der Waals surface area contributed by atoms with Gasteiger partial charge in [0.2, 0.25) is 6.54 Å². The van der Waals surface area contributed by atoms with Gasteiger partial charge in [0, 0.05) is 36.6 Å². The van der Waals surface area contributed by atoms with Crippen LogP contribution >= 0.6 is 0 Å². The molecule has 0 aliphatic carbocycles. The largest absolute Gasteiger partial charge is 0.372 e. The third-order valence-electron chi connectivity index (χ3n) is 5.57. The summed E-state index contributed by atoms with van der Waals surface area (Å²) in [4.78, 5) is 14.8. The lowest BCUT2D eigenvalue weighted by molar-refractivity contribution is -0.684. The Labute approximate surface area is 163 Å². The van der Waals surface area contributed by atoms with E-state index in [1.165, 1.54) is 30.5 Å². The molecule has 1 aliphatic heterocycles. The van der Waals surface area contributed by atoms with E-state index in [1.54, 1.807) is 0 Å². The van der Waals surface area contributed by atoms with Crippen LogP contribution in [0.25, 0.3) is 0 Å². The molecule has 1 amide bonds. The molecule has 144 valence electrons. The van der Waals surface area contributed by atoms with Crippen LogP contribution in [-0.4, -0.2) is 19.0 Å². The van der Waals surface area contributed by atoms with E-state index in [4.69, 9.17) is 0 Å². The molecule has 27 heavy (non-hydrogen) atoms. The van der Waals surface area contributed by atoms with E-state index in [0.717, 1.165) is 31.6 Å². The van der Waals surface area contributed by atoms with E-state index in [9.17, 15) is 4.79 Å². The van der Waals surface area contributed by atoms with Gasteiger partial charge in [-0.25, -0.2) is 0 Å². The van der Waals surface area contributed by atoms with Crippen LogP contribution in [0.4, 0.5) is 11.4 Å². The van der Waals surface area contributed by atoms with Crippen molar-refractivity contribution in [1.29, 1.82) is 0 Å². The number of anilines is 2. The standard InChI is InChI=1S/C23H31N3O/c1-3-19(4-2)20-12-16-25(17-13-20)18-23(27)24-21-8-10-22(11-9-21)26-14-6-5-7-15-26/h8-13,16-17,19H,3-7,14-15,18H2,1-2H3/p+1. The third kappa shape index (κ3) is 5.31. The van der Waals surface area contributed by atoms with E-state index in [2.05, 4.69) is 48.3 Å². The number of carbonyl (C=O) groups excluding carboxylic acids is 1. The fourth-order valence-corrected chi connectivity index (χ4v) is 3.88. The van der Waals surface area contributed by atoms with Gasteiger partial charge in [-0.15, -0.1) is 0 Å². The van der Waals surface area contributed by atoms with Crippen molar-refractivity contribution in [3.05, 3.63) is 54.4 Å². The quantitative estimate of drug-likeness (QED) is 0.732. The smallest absolute Gasteiger partial charge is 0.290 e. The van der Waals surface area contributed by atoms with Gasteiger partial charge in [-0.3, -0.25) is 4.79 Å². The second kappa shape index (κ2) is 9.54. The maximum absolute atomic E-state index is 12.4. The Morgan fingerprint density at radius 2 is 1.63 bits per heavy atom. The zero-order valence-corrected chi connectivity index (χ0v) is 16.7. The van der Waals surface area contributed by atoms with Gasteiger partial charge >= 0.3 is 0 Å². The summed E-state index contributed by atoms with van der Waals surface area (Å²) in [6.07, 6.45) is 10.2. The Balaban J connectivity index is 1.54. The lowest BCUT2D eigenvalue weighted by Gasteiger charge is -2.28. The number of nitrogens with one attached hydrogen (secondary N) is 1. The van der Waals surface area contributed by atoms with E-state index in [0.29, 0.717) is 12.5 Å². The highest BCUT2D eigenvalue weighted by Gasteiger charge is 2.13. The van der Waals surface area contributed by atoms with Gasteiger partial charge in [0.05, 0.1) is 0 Å². The average Bonchev–Trinajstić information content (AvgIpc) is 2.71. The summed E-state index contributed by atoms with van der Waals surface area (Å²) in [6, 6.07) is 12.5. The van der Waals surface area contributed by atoms with E-state index >= 15 is 0 Å². The molecular formula is C23H32N3O+. The number of pyridine rings is 1. The van der Waals surface area contributed by atoms with Crippen molar-refractivity contribution in [1.82, 2.24) is 0 Å². The van der Waals surface area contributed by atoms with E-state index in [1.807, 2.05) is 29.1 Å². The molecule has 0 bridgehead atoms. The summed E-state index contributed by atoms with van der Waals surface area (Å²) in [5.41, 5.74) is 3.46. The number of nitrogens with zero attached hydrogens (tertiary/aromatic N) is 2. The molecule has 3 rings (SSSR count). The van der Waals surface area contributed by atoms with Crippen LogP contribution in [0.5, 0.6) is 0 Å². The molecule has 1 saturated heterocycles. The van der Waals surface area contributed by atoms with Crippen LogP contribution < -0.4 is 14.8 Å². The lowest BCUT2D eigenvalue weighted by Crippen LogP contribution is -2.39. The number of carbonyl (C=O) groups is 1. The Morgan fingerprint density at radius 1 is 1.00 bits per heavy atom. The lowest BCUT2D eigenvalue weighted by atomic mass is 9.95. The summed E-state index contributed by atoms with van der Waals surface area (Å²) in [6.45, 7) is 7.04. The van der Waals surface area contributed by atoms with Crippen molar-refractivity contribution in [3.63, 3.8) is 0 Å². The summed E-state index contributed by atoms with van der Waals surface area (Å²) in [5, 5.41) is 3.00. The predicted octanol–water partition coefficient (Wildman–Crippen LogP) is 4.51. The SMILES string of the molecule is CCC(CC)c1cc[n+](CC(=O)Nc2ccc(N3CCCCC3)cc2)cc1. The molecule has 1 fully saturated rings. The first-order valence-electron chi connectivity index (χ1n) is 10.3. The summed E-state index contributed by atoms with van der Waals surface area (Å²) >= 11 is 0. The molecule has 0 atom stereocenters. The van der Waals surface area contributed by atoms with Crippen molar-refractivity contribution < 1.29 is 9.36 Å². The summed E-state index contributed by atoms with van der Waals surface area (Å²) in [7, 11) is 0. The highest BCUT2D eigenvalue weighted by molar-refractivity contribution is 5.89. The molecule has 4 nitrogen and oxygen atoms in total. The number of hydrogen-bond donors (Lipinski definition) is 1. The normalized spacial score (nSPS) is 14.4. The second-order valence-electron chi connectivity index (χ2n) is 7.46. The molecule has 4 heteroatoms. The Bertz CT molecular complexity index is 714. The highest BCUT2D eigenvalue weighted by Crippen LogP contribution is 2.22. The van der Waals surface area contributed by atoms with Gasteiger partial charge in [0.15, 0.2) is 12.4 Å². The molecule has 1 aromatic heterocycles. The minimum Gasteiger partial charge on any atom is -0.372 e. The van der Waals surface area contributed by atoms with Crippen LogP contribution in [0.15, 0.2) is 48.8 Å². The van der Waals surface area contributed by atoms with Gasteiger partial charge in [0.25, 0.3) is 5.91 Å². The number of amides is 1. The van der Waals surface area contributed by atoms with Gasteiger partial charge in [-0.1, -0.05) is 13.8 Å². The molecule has 0 saturated carbocycles. The number of benzene rings is 1. The number of aromatic nitrogens is 1. The third-order valence-corrected chi connectivity index (χ3v) is 5.57. The summed E-state index contributed by atoms with van der Waals surface area (Å²) < 4.78 is 1.93. The minimum atomic E-state index is 0.000931. The number of piperidine rings is 1. The number of rotatable bonds is 7. The van der Waals surface area contributed by atoms with Crippen molar-refractivity contribution in [2.45, 2.75) is 58.4 Å². The maximum Gasteiger partial charge on any atom is 0.290 e. The molecule has 1 aromatic carbocycles. The fraction of sp³-hybridized carbons (Fsp3) is 0.478. The molecular weight excluding hydrogens is 334 g/mol. The van der Waals surface area contributed by atoms with Crippen LogP contribution in [0.3, 0.4) is 0 Å².